The Morgan fingerprint density at radius 3 is 3.13 bits per heavy atom. The van der Waals surface area contributed by atoms with Crippen molar-refractivity contribution in [1.82, 2.24) is 4.90 Å². The van der Waals surface area contributed by atoms with Crippen LogP contribution in [-0.4, -0.2) is 58.1 Å². The van der Waals surface area contributed by atoms with E-state index in [0.717, 1.165) is 42.5 Å². The van der Waals surface area contributed by atoms with Crippen molar-refractivity contribution in [1.29, 1.82) is 0 Å². The second-order valence-corrected chi connectivity index (χ2v) is 6.06. The molecular weight excluding hydrogens is 230 g/mol. The van der Waals surface area contributed by atoms with E-state index >= 15 is 0 Å². The maximum Gasteiger partial charge on any atom is 0.321 e. The second-order valence-electron chi connectivity index (χ2n) is 3.52. The number of thioether (sulfide) groups is 2. The quantitative estimate of drug-likeness (QED) is 0.725. The van der Waals surface area contributed by atoms with Gasteiger partial charge in [0, 0.05) is 18.1 Å². The number of aliphatic carboxylic acids is 1. The van der Waals surface area contributed by atoms with Crippen LogP contribution >= 0.6 is 23.5 Å². The first kappa shape index (κ1) is 13.2. The second kappa shape index (κ2) is 7.41. The van der Waals surface area contributed by atoms with Gasteiger partial charge >= 0.3 is 5.97 Å². The third-order valence-electron chi connectivity index (χ3n) is 2.46. The largest absolute Gasteiger partial charge is 0.480 e. The van der Waals surface area contributed by atoms with Gasteiger partial charge in [-0.3, -0.25) is 9.69 Å². The number of rotatable bonds is 6. The van der Waals surface area contributed by atoms with Crippen molar-refractivity contribution >= 4 is 29.5 Å². The fraction of sp³-hybridized carbons (Fsp3) is 0.900. The highest BCUT2D eigenvalue weighted by atomic mass is 32.2. The van der Waals surface area contributed by atoms with Crippen LogP contribution in [-0.2, 0) is 4.79 Å². The molecule has 1 fully saturated rings. The van der Waals surface area contributed by atoms with Gasteiger partial charge in [-0.05, 0) is 24.5 Å². The molecule has 1 rings (SSSR count). The molecule has 88 valence electrons. The zero-order valence-corrected chi connectivity index (χ0v) is 10.8. The highest BCUT2D eigenvalue weighted by Gasteiger charge is 2.27. The molecule has 1 heterocycles. The van der Waals surface area contributed by atoms with Crippen molar-refractivity contribution in [3.63, 3.8) is 0 Å². The number of hydrogen-bond donors (Lipinski definition) is 1. The van der Waals surface area contributed by atoms with Gasteiger partial charge in [-0.25, -0.2) is 0 Å². The molecule has 0 aromatic carbocycles. The number of carboxylic acid groups (broad SMARTS) is 1. The molecule has 1 N–H and O–H groups in total. The molecule has 0 radical (unpaired) electrons. The van der Waals surface area contributed by atoms with Crippen molar-refractivity contribution in [2.75, 3.05) is 36.1 Å². The van der Waals surface area contributed by atoms with Gasteiger partial charge in [0.1, 0.15) is 6.04 Å². The minimum absolute atomic E-state index is 0.254. The minimum atomic E-state index is -0.662. The van der Waals surface area contributed by atoms with Crippen molar-refractivity contribution in [3.8, 4) is 0 Å². The smallest absolute Gasteiger partial charge is 0.321 e. The fourth-order valence-electron chi connectivity index (χ4n) is 1.65. The molecule has 0 aromatic heterocycles. The van der Waals surface area contributed by atoms with Crippen LogP contribution in [0, 0.1) is 0 Å². The molecule has 0 aliphatic carbocycles. The van der Waals surface area contributed by atoms with E-state index in [4.69, 9.17) is 5.11 Å². The van der Waals surface area contributed by atoms with Gasteiger partial charge in [-0.2, -0.15) is 23.5 Å². The third-order valence-corrected chi connectivity index (χ3v) is 4.47. The van der Waals surface area contributed by atoms with Gasteiger partial charge in [0.05, 0.1) is 0 Å². The van der Waals surface area contributed by atoms with Gasteiger partial charge in [0.2, 0.25) is 0 Å². The Kier molecular flexibility index (Phi) is 6.52. The van der Waals surface area contributed by atoms with Crippen LogP contribution < -0.4 is 0 Å². The standard InChI is InChI=1S/C10H19NO2S2/c1-2-14-6-3-4-11-5-7-15-8-9(11)10(12)13/h9H,2-8H2,1H3,(H,12,13). The molecule has 0 bridgehead atoms. The summed E-state index contributed by atoms with van der Waals surface area (Å²) in [7, 11) is 0. The highest BCUT2D eigenvalue weighted by Crippen LogP contribution is 2.17. The summed E-state index contributed by atoms with van der Waals surface area (Å²) in [6.45, 7) is 4.02. The van der Waals surface area contributed by atoms with E-state index in [9.17, 15) is 4.79 Å². The molecule has 15 heavy (non-hydrogen) atoms. The predicted molar refractivity (Wildman–Crippen MR) is 67.9 cm³/mol. The van der Waals surface area contributed by atoms with Crippen molar-refractivity contribution in [2.24, 2.45) is 0 Å². The molecule has 1 saturated heterocycles. The van der Waals surface area contributed by atoms with Crippen LogP contribution in [0.25, 0.3) is 0 Å². The lowest BCUT2D eigenvalue weighted by molar-refractivity contribution is -0.142. The lowest BCUT2D eigenvalue weighted by atomic mass is 10.2. The highest BCUT2D eigenvalue weighted by molar-refractivity contribution is 7.99. The summed E-state index contributed by atoms with van der Waals surface area (Å²) in [5.74, 6) is 3.45. The zero-order valence-electron chi connectivity index (χ0n) is 9.15. The van der Waals surface area contributed by atoms with Gasteiger partial charge in [0.15, 0.2) is 0 Å². The third kappa shape index (κ3) is 4.66. The Morgan fingerprint density at radius 2 is 2.47 bits per heavy atom. The average molecular weight is 249 g/mol. The first-order chi connectivity index (χ1) is 7.25. The summed E-state index contributed by atoms with van der Waals surface area (Å²) in [5.41, 5.74) is 0. The number of nitrogens with zero attached hydrogens (tertiary/aromatic N) is 1. The number of carboxylic acids is 1. The lowest BCUT2D eigenvalue weighted by Gasteiger charge is -2.32. The Morgan fingerprint density at radius 1 is 1.67 bits per heavy atom. The molecular formula is C10H19NO2S2. The average Bonchev–Trinajstić information content (AvgIpc) is 2.25. The van der Waals surface area contributed by atoms with Crippen LogP contribution in [0.15, 0.2) is 0 Å². The van der Waals surface area contributed by atoms with Crippen molar-refractivity contribution < 1.29 is 9.90 Å². The molecule has 1 atom stereocenters. The summed E-state index contributed by atoms with van der Waals surface area (Å²) >= 11 is 3.68. The van der Waals surface area contributed by atoms with Crippen LogP contribution in [0.2, 0.25) is 0 Å². The molecule has 1 aliphatic rings. The summed E-state index contributed by atoms with van der Waals surface area (Å²) in [6, 6.07) is -0.254. The molecule has 5 heteroatoms. The monoisotopic (exact) mass is 249 g/mol. The van der Waals surface area contributed by atoms with Crippen LogP contribution in [0.1, 0.15) is 13.3 Å². The zero-order chi connectivity index (χ0) is 11.1. The summed E-state index contributed by atoms with van der Waals surface area (Å²) in [5, 5.41) is 9.05. The summed E-state index contributed by atoms with van der Waals surface area (Å²) < 4.78 is 0. The molecule has 1 aliphatic heterocycles. The van der Waals surface area contributed by atoms with Crippen molar-refractivity contribution in [2.45, 2.75) is 19.4 Å². The molecule has 3 nitrogen and oxygen atoms in total. The van der Waals surface area contributed by atoms with Crippen LogP contribution in [0.5, 0.6) is 0 Å². The Balaban J connectivity index is 2.26. The number of carbonyl (C=O) groups is 1. The van der Waals surface area contributed by atoms with E-state index < -0.39 is 5.97 Å². The van der Waals surface area contributed by atoms with Gasteiger partial charge in [-0.15, -0.1) is 0 Å². The Bertz CT molecular complexity index is 202. The van der Waals surface area contributed by atoms with E-state index in [1.165, 1.54) is 0 Å². The summed E-state index contributed by atoms with van der Waals surface area (Å²) in [4.78, 5) is 13.1. The maximum atomic E-state index is 11.0. The first-order valence-corrected chi connectivity index (χ1v) is 7.69. The van der Waals surface area contributed by atoms with Crippen LogP contribution in [0.4, 0.5) is 0 Å². The van der Waals surface area contributed by atoms with E-state index in [2.05, 4.69) is 11.8 Å². The van der Waals surface area contributed by atoms with Gasteiger partial charge in [-0.1, -0.05) is 6.92 Å². The van der Waals surface area contributed by atoms with Gasteiger partial charge < -0.3 is 5.11 Å². The molecule has 0 saturated carbocycles. The van der Waals surface area contributed by atoms with E-state index in [-0.39, 0.29) is 6.04 Å². The first-order valence-electron chi connectivity index (χ1n) is 5.38. The molecule has 0 amide bonds. The van der Waals surface area contributed by atoms with E-state index in [1.807, 2.05) is 11.8 Å². The van der Waals surface area contributed by atoms with Gasteiger partial charge in [0.25, 0.3) is 0 Å². The predicted octanol–water partition coefficient (Wildman–Crippen LogP) is 1.63. The van der Waals surface area contributed by atoms with E-state index in [1.54, 1.807) is 11.8 Å². The van der Waals surface area contributed by atoms with Crippen LogP contribution in [0.3, 0.4) is 0 Å². The number of hydrogen-bond acceptors (Lipinski definition) is 4. The Hall–Kier alpha value is 0.130. The maximum absolute atomic E-state index is 11.0. The van der Waals surface area contributed by atoms with Crippen molar-refractivity contribution in [3.05, 3.63) is 0 Å². The SMILES string of the molecule is CCSCCCN1CCSCC1C(=O)O. The molecule has 0 spiro atoms. The fourth-order valence-corrected chi connectivity index (χ4v) is 3.38. The lowest BCUT2D eigenvalue weighted by Crippen LogP contribution is -2.47. The summed E-state index contributed by atoms with van der Waals surface area (Å²) in [6.07, 6.45) is 1.10. The molecule has 0 aromatic rings. The van der Waals surface area contributed by atoms with E-state index in [0.29, 0.717) is 0 Å². The Labute approximate surface area is 100.0 Å². The molecule has 1 unspecified atom stereocenters. The topological polar surface area (TPSA) is 40.5 Å². The normalized spacial score (nSPS) is 22.9. The minimum Gasteiger partial charge on any atom is -0.480 e.